The van der Waals surface area contributed by atoms with Crippen molar-refractivity contribution in [2.75, 3.05) is 18.6 Å². The zero-order chi connectivity index (χ0) is 15.2. The highest BCUT2D eigenvalue weighted by Crippen LogP contribution is 2.12. The third kappa shape index (κ3) is 4.99. The molecular formula is C13H20FN3O2S. The van der Waals surface area contributed by atoms with Gasteiger partial charge in [-0.1, -0.05) is 17.3 Å². The minimum Gasteiger partial charge on any atom is -0.409 e. The first-order valence-corrected chi connectivity index (χ1v) is 7.47. The number of halogens is 1. The fourth-order valence-electron chi connectivity index (χ4n) is 1.74. The van der Waals surface area contributed by atoms with Crippen LogP contribution in [0.1, 0.15) is 18.1 Å². The fourth-order valence-corrected chi connectivity index (χ4v) is 2.46. The van der Waals surface area contributed by atoms with E-state index >= 15 is 0 Å². The van der Waals surface area contributed by atoms with E-state index in [2.05, 4.69) is 10.5 Å². The Morgan fingerprint density at radius 2 is 2.25 bits per heavy atom. The molecule has 0 saturated heterocycles. The number of amidine groups is 1. The van der Waals surface area contributed by atoms with Crippen molar-refractivity contribution >= 4 is 17.6 Å². The molecule has 1 aromatic carbocycles. The Bertz CT molecular complexity index is 481. The number of aliphatic hydroxyl groups is 1. The summed E-state index contributed by atoms with van der Waals surface area (Å²) >= 11 is 1.55. The van der Waals surface area contributed by atoms with Gasteiger partial charge in [-0.2, -0.15) is 11.8 Å². The molecule has 0 bridgehead atoms. The Balaban J connectivity index is 2.62. The molecule has 0 aliphatic heterocycles. The number of nitrogens with zero attached hydrogens (tertiary/aromatic N) is 1. The van der Waals surface area contributed by atoms with Crippen LogP contribution in [0.5, 0.6) is 0 Å². The molecule has 112 valence electrons. The highest BCUT2D eigenvalue weighted by atomic mass is 32.2. The van der Waals surface area contributed by atoms with Gasteiger partial charge < -0.3 is 21.4 Å². The number of nitrogens with one attached hydrogen (secondary N) is 1. The third-order valence-corrected chi connectivity index (χ3v) is 3.64. The lowest BCUT2D eigenvalue weighted by atomic mass is 10.1. The van der Waals surface area contributed by atoms with Crippen LogP contribution in [0.4, 0.5) is 4.39 Å². The molecule has 0 aromatic heterocycles. The molecule has 0 spiro atoms. The van der Waals surface area contributed by atoms with E-state index in [0.717, 1.165) is 0 Å². The molecular weight excluding hydrogens is 281 g/mol. The molecule has 0 aliphatic rings. The molecule has 1 rings (SSSR count). The van der Waals surface area contributed by atoms with E-state index < -0.39 is 11.4 Å². The topological polar surface area (TPSA) is 90.9 Å². The predicted octanol–water partition coefficient (Wildman–Crippen LogP) is 1.12. The predicted molar refractivity (Wildman–Crippen MR) is 79.6 cm³/mol. The van der Waals surface area contributed by atoms with Crippen molar-refractivity contribution in [3.05, 3.63) is 35.1 Å². The molecule has 5 nitrogen and oxygen atoms in total. The van der Waals surface area contributed by atoms with Crippen molar-refractivity contribution in [2.24, 2.45) is 10.9 Å². The summed E-state index contributed by atoms with van der Waals surface area (Å²) in [5.74, 6) is 0.0303. The summed E-state index contributed by atoms with van der Waals surface area (Å²) in [6.07, 6.45) is 1.92. The number of benzene rings is 1. The first-order chi connectivity index (χ1) is 9.39. The maximum atomic E-state index is 13.8. The van der Waals surface area contributed by atoms with E-state index in [-0.39, 0.29) is 5.84 Å². The lowest BCUT2D eigenvalue weighted by Crippen LogP contribution is -2.39. The van der Waals surface area contributed by atoms with E-state index in [0.29, 0.717) is 30.0 Å². The standard InChI is InChI=1S/C13H20FN3O2S/c1-13(18,8-20-2)7-16-6-10-4-3-9(5-11(10)14)12(15)17-19/h3-5,16,18-19H,6-8H2,1-2H3,(H2,15,17). The van der Waals surface area contributed by atoms with Crippen molar-refractivity contribution in [3.8, 4) is 0 Å². The highest BCUT2D eigenvalue weighted by molar-refractivity contribution is 7.98. The zero-order valence-electron chi connectivity index (χ0n) is 11.6. The van der Waals surface area contributed by atoms with Gasteiger partial charge in [0.2, 0.25) is 0 Å². The molecule has 0 fully saturated rings. The van der Waals surface area contributed by atoms with Crippen molar-refractivity contribution < 1.29 is 14.7 Å². The van der Waals surface area contributed by atoms with Crippen molar-refractivity contribution in [2.45, 2.75) is 19.1 Å². The van der Waals surface area contributed by atoms with Gasteiger partial charge in [-0.3, -0.25) is 0 Å². The van der Waals surface area contributed by atoms with Crippen LogP contribution in [0.15, 0.2) is 23.4 Å². The number of hydrogen-bond acceptors (Lipinski definition) is 5. The Labute approximate surface area is 122 Å². The number of nitrogens with two attached hydrogens (primary N) is 1. The molecule has 0 radical (unpaired) electrons. The first kappa shape index (κ1) is 16.7. The molecule has 0 aliphatic carbocycles. The first-order valence-electron chi connectivity index (χ1n) is 6.08. The van der Waals surface area contributed by atoms with Gasteiger partial charge in [0.05, 0.1) is 5.60 Å². The van der Waals surface area contributed by atoms with Gasteiger partial charge in [0, 0.05) is 30.0 Å². The van der Waals surface area contributed by atoms with Crippen LogP contribution in [0.3, 0.4) is 0 Å². The average molecular weight is 301 g/mol. The van der Waals surface area contributed by atoms with E-state index in [1.807, 2.05) is 6.26 Å². The molecule has 0 heterocycles. The normalized spacial score (nSPS) is 15.1. The minimum absolute atomic E-state index is 0.133. The molecule has 5 N–H and O–H groups in total. The second-order valence-electron chi connectivity index (χ2n) is 4.82. The molecule has 1 unspecified atom stereocenters. The number of hydrogen-bond donors (Lipinski definition) is 4. The second-order valence-corrected chi connectivity index (χ2v) is 5.69. The summed E-state index contributed by atoms with van der Waals surface area (Å²) in [4.78, 5) is 0. The van der Waals surface area contributed by atoms with E-state index in [4.69, 9.17) is 10.9 Å². The molecule has 0 amide bonds. The SMILES string of the molecule is CSCC(C)(O)CNCc1ccc(/C(N)=N/O)cc1F. The monoisotopic (exact) mass is 301 g/mol. The van der Waals surface area contributed by atoms with Gasteiger partial charge in [0.1, 0.15) is 5.82 Å². The Hall–Kier alpha value is -1.31. The largest absolute Gasteiger partial charge is 0.409 e. The maximum absolute atomic E-state index is 13.8. The summed E-state index contributed by atoms with van der Waals surface area (Å²) < 4.78 is 13.8. The van der Waals surface area contributed by atoms with Crippen LogP contribution in [0.25, 0.3) is 0 Å². The van der Waals surface area contributed by atoms with Crippen molar-refractivity contribution in [1.82, 2.24) is 5.32 Å². The summed E-state index contributed by atoms with van der Waals surface area (Å²) in [6.45, 7) is 2.40. The smallest absolute Gasteiger partial charge is 0.170 e. The summed E-state index contributed by atoms with van der Waals surface area (Å²) in [5, 5.41) is 24.3. The lowest BCUT2D eigenvalue weighted by Gasteiger charge is -2.22. The van der Waals surface area contributed by atoms with E-state index in [1.54, 1.807) is 30.8 Å². The molecule has 1 aromatic rings. The molecule has 20 heavy (non-hydrogen) atoms. The number of rotatable bonds is 7. The average Bonchev–Trinajstić information content (AvgIpc) is 2.39. The number of thioether (sulfide) groups is 1. The Kier molecular flexibility index (Phi) is 6.25. The van der Waals surface area contributed by atoms with E-state index in [1.165, 1.54) is 6.07 Å². The summed E-state index contributed by atoms with van der Waals surface area (Å²) in [5.41, 5.74) is 5.34. The fraction of sp³-hybridized carbons (Fsp3) is 0.462. The maximum Gasteiger partial charge on any atom is 0.170 e. The molecule has 0 saturated carbocycles. The molecule has 7 heteroatoms. The van der Waals surface area contributed by atoms with Crippen LogP contribution in [0.2, 0.25) is 0 Å². The van der Waals surface area contributed by atoms with E-state index in [9.17, 15) is 9.50 Å². The van der Waals surface area contributed by atoms with Crippen LogP contribution in [-0.2, 0) is 6.54 Å². The zero-order valence-corrected chi connectivity index (χ0v) is 12.4. The molecule has 1 atom stereocenters. The van der Waals surface area contributed by atoms with Crippen LogP contribution < -0.4 is 11.1 Å². The highest BCUT2D eigenvalue weighted by Gasteiger charge is 2.19. The van der Waals surface area contributed by atoms with Gasteiger partial charge in [-0.05, 0) is 19.2 Å². The van der Waals surface area contributed by atoms with Crippen LogP contribution >= 0.6 is 11.8 Å². The summed E-state index contributed by atoms with van der Waals surface area (Å²) in [7, 11) is 0. The summed E-state index contributed by atoms with van der Waals surface area (Å²) in [6, 6.07) is 4.36. The second kappa shape index (κ2) is 7.47. The Morgan fingerprint density at radius 3 is 2.80 bits per heavy atom. The third-order valence-electron chi connectivity index (χ3n) is 2.73. The lowest BCUT2D eigenvalue weighted by molar-refractivity contribution is 0.0845. The van der Waals surface area contributed by atoms with Gasteiger partial charge >= 0.3 is 0 Å². The number of oxime groups is 1. The van der Waals surface area contributed by atoms with Gasteiger partial charge in [-0.25, -0.2) is 4.39 Å². The van der Waals surface area contributed by atoms with Gasteiger partial charge in [0.25, 0.3) is 0 Å². The minimum atomic E-state index is -0.830. The Morgan fingerprint density at radius 1 is 1.55 bits per heavy atom. The van der Waals surface area contributed by atoms with Crippen LogP contribution in [0, 0.1) is 5.82 Å². The van der Waals surface area contributed by atoms with Crippen molar-refractivity contribution in [1.29, 1.82) is 0 Å². The van der Waals surface area contributed by atoms with Crippen LogP contribution in [-0.4, -0.2) is 40.3 Å². The van der Waals surface area contributed by atoms with Gasteiger partial charge in [0.15, 0.2) is 5.84 Å². The van der Waals surface area contributed by atoms with Crippen molar-refractivity contribution in [3.63, 3.8) is 0 Å². The van der Waals surface area contributed by atoms with Gasteiger partial charge in [-0.15, -0.1) is 0 Å². The quantitative estimate of drug-likeness (QED) is 0.262.